The van der Waals surface area contributed by atoms with Crippen LogP contribution in [-0.2, 0) is 5.92 Å². The molecule has 7 aromatic rings. The van der Waals surface area contributed by atoms with E-state index >= 15 is 0 Å². The maximum atomic E-state index is 14.6. The molecule has 0 N–H and O–H groups in total. The first-order chi connectivity index (χ1) is 20.8. The molecule has 43 heavy (non-hydrogen) atoms. The van der Waals surface area contributed by atoms with Crippen molar-refractivity contribution in [1.82, 2.24) is 0 Å². The van der Waals surface area contributed by atoms with Gasteiger partial charge in [-0.15, -0.1) is 0 Å². The van der Waals surface area contributed by atoms with Gasteiger partial charge in [0, 0.05) is 0 Å². The van der Waals surface area contributed by atoms with Crippen LogP contribution in [0.1, 0.15) is 5.56 Å². The Bertz CT molecular complexity index is 2160. The summed E-state index contributed by atoms with van der Waals surface area (Å²) >= 11 is 0. The summed E-state index contributed by atoms with van der Waals surface area (Å²) in [5, 5.41) is 6.18. The fraction of sp³-hybridized carbons (Fsp3) is 0.0526. The second-order valence-electron chi connectivity index (χ2n) is 10.8. The Labute approximate surface area is 244 Å². The van der Waals surface area contributed by atoms with E-state index in [-0.39, 0.29) is 0 Å². The average molecular weight is 571 g/mol. The second-order valence-corrected chi connectivity index (χ2v) is 10.8. The van der Waals surface area contributed by atoms with E-state index in [2.05, 4.69) is 41.1 Å². The lowest BCUT2D eigenvalue weighted by Gasteiger charge is -2.20. The molecule has 7 aromatic carbocycles. The van der Waals surface area contributed by atoms with Gasteiger partial charge < -0.3 is 4.74 Å². The Morgan fingerprint density at radius 1 is 0.419 bits per heavy atom. The van der Waals surface area contributed by atoms with E-state index in [1.54, 1.807) is 6.07 Å². The molecule has 0 radical (unpaired) electrons. The fourth-order valence-corrected chi connectivity index (χ4v) is 6.49. The predicted molar refractivity (Wildman–Crippen MR) is 165 cm³/mol. The van der Waals surface area contributed by atoms with Crippen LogP contribution in [0.2, 0.25) is 0 Å². The number of rotatable bonds is 3. The highest BCUT2D eigenvalue weighted by Crippen LogP contribution is 2.54. The Morgan fingerprint density at radius 2 is 0.907 bits per heavy atom. The molecule has 1 aliphatic heterocycles. The van der Waals surface area contributed by atoms with Gasteiger partial charge in [-0.1, -0.05) is 121 Å². The molecule has 1 nitrogen and oxygen atoms in total. The van der Waals surface area contributed by atoms with Gasteiger partial charge in [-0.2, -0.15) is 17.6 Å². The van der Waals surface area contributed by atoms with E-state index in [1.807, 2.05) is 78.9 Å². The van der Waals surface area contributed by atoms with Crippen molar-refractivity contribution in [2.75, 3.05) is 0 Å². The first kappa shape index (κ1) is 25.5. The van der Waals surface area contributed by atoms with Crippen molar-refractivity contribution in [2.24, 2.45) is 0 Å². The van der Waals surface area contributed by atoms with Crippen LogP contribution in [0.3, 0.4) is 0 Å². The number of hydrogen-bond acceptors (Lipinski definition) is 1. The minimum absolute atomic E-state index is 0.414. The highest BCUT2D eigenvalue weighted by molar-refractivity contribution is 6.24. The molecule has 1 aliphatic rings. The van der Waals surface area contributed by atoms with Crippen LogP contribution >= 0.6 is 0 Å². The van der Waals surface area contributed by atoms with Gasteiger partial charge in [0.2, 0.25) is 0 Å². The third kappa shape index (κ3) is 3.71. The second kappa shape index (κ2) is 9.17. The van der Waals surface area contributed by atoms with Crippen molar-refractivity contribution in [2.45, 2.75) is 12.0 Å². The molecule has 0 amide bonds. The standard InChI is InChI=1S/C38H22F4O/c39-37(40)33-22-24(18-21-34(33)43-38(37,41)42)25-19-20-32(27-13-5-4-12-26(25)27)36-30-16-8-6-14-28(30)35(23-10-2-1-3-11-23)29-15-7-9-17-31(29)36/h1-22H. The molecule has 0 aliphatic carbocycles. The van der Waals surface area contributed by atoms with E-state index < -0.39 is 23.3 Å². The maximum absolute atomic E-state index is 14.6. The largest absolute Gasteiger partial charge is 0.469 e. The summed E-state index contributed by atoms with van der Waals surface area (Å²) < 4.78 is 61.4. The Morgan fingerprint density at radius 3 is 1.51 bits per heavy atom. The van der Waals surface area contributed by atoms with Crippen LogP contribution in [0.5, 0.6) is 5.75 Å². The summed E-state index contributed by atoms with van der Waals surface area (Å²) in [6.45, 7) is 0. The van der Waals surface area contributed by atoms with Crippen LogP contribution in [0.25, 0.3) is 65.7 Å². The zero-order chi connectivity index (χ0) is 29.3. The molecule has 0 aromatic heterocycles. The number of halogens is 4. The van der Waals surface area contributed by atoms with Gasteiger partial charge in [-0.25, -0.2) is 0 Å². The predicted octanol–water partition coefficient (Wildman–Crippen LogP) is 11.2. The zero-order valence-corrected chi connectivity index (χ0v) is 22.6. The van der Waals surface area contributed by atoms with Crippen molar-refractivity contribution >= 4 is 32.3 Å². The lowest BCUT2D eigenvalue weighted by Crippen LogP contribution is -2.36. The molecule has 0 atom stereocenters. The van der Waals surface area contributed by atoms with Crippen LogP contribution in [0.4, 0.5) is 17.6 Å². The van der Waals surface area contributed by atoms with E-state index in [1.165, 1.54) is 6.07 Å². The molecule has 0 bridgehead atoms. The van der Waals surface area contributed by atoms with Crippen LogP contribution in [-0.4, -0.2) is 6.11 Å². The van der Waals surface area contributed by atoms with Gasteiger partial charge in [0.05, 0.1) is 5.56 Å². The van der Waals surface area contributed by atoms with E-state index in [9.17, 15) is 17.6 Å². The van der Waals surface area contributed by atoms with Gasteiger partial charge in [0.15, 0.2) is 0 Å². The topological polar surface area (TPSA) is 9.23 Å². The molecule has 8 rings (SSSR count). The van der Waals surface area contributed by atoms with Crippen LogP contribution in [0, 0.1) is 0 Å². The van der Waals surface area contributed by atoms with Gasteiger partial charge >= 0.3 is 12.0 Å². The number of hydrogen-bond donors (Lipinski definition) is 0. The van der Waals surface area contributed by atoms with Crippen LogP contribution in [0.15, 0.2) is 133 Å². The highest BCUT2D eigenvalue weighted by atomic mass is 19.3. The first-order valence-corrected chi connectivity index (χ1v) is 14.0. The molecular weight excluding hydrogens is 548 g/mol. The van der Waals surface area contributed by atoms with Gasteiger partial charge in [-0.05, 0) is 77.8 Å². The first-order valence-electron chi connectivity index (χ1n) is 14.0. The van der Waals surface area contributed by atoms with E-state index in [0.29, 0.717) is 11.1 Å². The lowest BCUT2D eigenvalue weighted by atomic mass is 9.83. The summed E-state index contributed by atoms with van der Waals surface area (Å²) in [7, 11) is 0. The number of fused-ring (bicyclic) bond motifs is 4. The van der Waals surface area contributed by atoms with Crippen molar-refractivity contribution in [3.8, 4) is 39.1 Å². The van der Waals surface area contributed by atoms with Crippen molar-refractivity contribution in [3.63, 3.8) is 0 Å². The summed E-state index contributed by atoms with van der Waals surface area (Å²) in [6, 6.07) is 42.6. The smallest absolute Gasteiger partial charge is 0.427 e. The number of ether oxygens (including phenoxy) is 1. The molecule has 0 spiro atoms. The quantitative estimate of drug-likeness (QED) is 0.152. The van der Waals surface area contributed by atoms with Crippen LogP contribution < -0.4 is 4.74 Å². The molecule has 5 heteroatoms. The molecule has 1 heterocycles. The molecule has 0 saturated heterocycles. The monoisotopic (exact) mass is 570 g/mol. The van der Waals surface area contributed by atoms with Crippen molar-refractivity contribution in [1.29, 1.82) is 0 Å². The number of alkyl halides is 4. The Balaban J connectivity index is 1.41. The Hall–Kier alpha value is -5.16. The third-order valence-electron chi connectivity index (χ3n) is 8.42. The minimum Gasteiger partial charge on any atom is -0.427 e. The molecular formula is C38H22F4O. The lowest BCUT2D eigenvalue weighted by molar-refractivity contribution is -0.296. The van der Waals surface area contributed by atoms with Crippen molar-refractivity contribution in [3.05, 3.63) is 139 Å². The zero-order valence-electron chi connectivity index (χ0n) is 22.6. The highest BCUT2D eigenvalue weighted by Gasteiger charge is 2.66. The van der Waals surface area contributed by atoms with Gasteiger partial charge in [0.1, 0.15) is 5.75 Å². The summed E-state index contributed by atoms with van der Waals surface area (Å²) in [5.74, 6) is -4.93. The molecule has 0 fully saturated rings. The Kier molecular flexibility index (Phi) is 5.45. The van der Waals surface area contributed by atoms with Gasteiger partial charge in [-0.3, -0.25) is 0 Å². The van der Waals surface area contributed by atoms with E-state index in [4.69, 9.17) is 0 Å². The maximum Gasteiger partial charge on any atom is 0.469 e. The third-order valence-corrected chi connectivity index (χ3v) is 8.42. The van der Waals surface area contributed by atoms with Crippen molar-refractivity contribution < 1.29 is 22.3 Å². The molecule has 0 saturated carbocycles. The minimum atomic E-state index is -4.59. The van der Waals surface area contributed by atoms with Gasteiger partial charge in [0.25, 0.3) is 0 Å². The summed E-state index contributed by atoms with van der Waals surface area (Å²) in [5.41, 5.74) is 4.63. The fourth-order valence-electron chi connectivity index (χ4n) is 6.49. The summed E-state index contributed by atoms with van der Waals surface area (Å²) in [6.07, 6.45) is -4.59. The molecule has 0 unspecified atom stereocenters. The normalized spacial score (nSPS) is 15.1. The van der Waals surface area contributed by atoms with E-state index in [0.717, 1.165) is 60.6 Å². The average Bonchev–Trinajstić information content (AvgIpc) is 3.22. The SMILES string of the molecule is FC1(F)Oc2ccc(-c3ccc(-c4c5ccccc5c(-c5ccccc5)c5ccccc45)c4ccccc34)cc2C1(F)F. The molecule has 208 valence electrons. The number of benzene rings is 7. The summed E-state index contributed by atoms with van der Waals surface area (Å²) in [4.78, 5) is 0.